The topological polar surface area (TPSA) is 39.1 Å². The molecule has 0 saturated heterocycles. The van der Waals surface area contributed by atoms with Crippen molar-refractivity contribution in [1.29, 1.82) is 0 Å². The van der Waals surface area contributed by atoms with Gasteiger partial charge in [-0.25, -0.2) is 9.37 Å². The maximum Gasteiger partial charge on any atom is 0.207 e. The van der Waals surface area contributed by atoms with Gasteiger partial charge in [-0.15, -0.1) is 0 Å². The fourth-order valence-electron chi connectivity index (χ4n) is 2.31. The van der Waals surface area contributed by atoms with Crippen molar-refractivity contribution in [3.05, 3.63) is 60.5 Å². The number of imidazole rings is 1. The first-order valence-corrected chi connectivity index (χ1v) is 6.89. The molecule has 0 saturated carbocycles. The number of benzene rings is 2. The predicted molar refractivity (Wildman–Crippen MR) is 85.1 cm³/mol. The van der Waals surface area contributed by atoms with E-state index < -0.39 is 0 Å². The van der Waals surface area contributed by atoms with E-state index >= 15 is 0 Å². The van der Waals surface area contributed by atoms with Crippen LogP contribution in [0.15, 0.2) is 54.7 Å². The lowest BCUT2D eigenvalue weighted by molar-refractivity contribution is 0.415. The van der Waals surface area contributed by atoms with Gasteiger partial charge in [-0.2, -0.15) is 0 Å². The molecule has 0 bridgehead atoms. The van der Waals surface area contributed by atoms with Crippen LogP contribution in [-0.2, 0) is 0 Å². The standard InChI is InChI=1S/C17H16FN3O/c1-19-17-20-15(12-6-5-7-13(10-12)22-2)11-21(17)16-9-4-3-8-14(16)18/h3-11H,1-2H3,(H,19,20). The lowest BCUT2D eigenvalue weighted by Crippen LogP contribution is -2.02. The van der Waals surface area contributed by atoms with Gasteiger partial charge in [0.15, 0.2) is 0 Å². The molecule has 0 amide bonds. The normalized spacial score (nSPS) is 10.5. The summed E-state index contributed by atoms with van der Waals surface area (Å²) >= 11 is 0. The molecule has 1 N–H and O–H groups in total. The number of para-hydroxylation sites is 1. The molecular formula is C17H16FN3O. The second kappa shape index (κ2) is 5.89. The third kappa shape index (κ3) is 2.53. The number of ether oxygens (including phenoxy) is 1. The van der Waals surface area contributed by atoms with Crippen LogP contribution < -0.4 is 10.1 Å². The van der Waals surface area contributed by atoms with Gasteiger partial charge in [-0.05, 0) is 24.3 Å². The quantitative estimate of drug-likeness (QED) is 0.797. The Morgan fingerprint density at radius 2 is 1.95 bits per heavy atom. The minimum Gasteiger partial charge on any atom is -0.497 e. The van der Waals surface area contributed by atoms with E-state index in [4.69, 9.17) is 4.74 Å². The molecule has 112 valence electrons. The molecule has 0 radical (unpaired) electrons. The van der Waals surface area contributed by atoms with Crippen molar-refractivity contribution in [2.45, 2.75) is 0 Å². The highest BCUT2D eigenvalue weighted by atomic mass is 19.1. The SMILES string of the molecule is CNc1nc(-c2cccc(OC)c2)cn1-c1ccccc1F. The lowest BCUT2D eigenvalue weighted by Gasteiger charge is -2.07. The summed E-state index contributed by atoms with van der Waals surface area (Å²) in [7, 11) is 3.38. The monoisotopic (exact) mass is 297 g/mol. The Kier molecular flexibility index (Phi) is 3.78. The maximum absolute atomic E-state index is 14.0. The third-order valence-corrected chi connectivity index (χ3v) is 3.41. The summed E-state index contributed by atoms with van der Waals surface area (Å²) in [5.74, 6) is 1.03. The first-order chi connectivity index (χ1) is 10.7. The van der Waals surface area contributed by atoms with E-state index in [0.29, 0.717) is 11.6 Å². The summed E-state index contributed by atoms with van der Waals surface area (Å²) in [4.78, 5) is 4.52. The van der Waals surface area contributed by atoms with Crippen LogP contribution in [0.1, 0.15) is 0 Å². The average molecular weight is 297 g/mol. The summed E-state index contributed by atoms with van der Waals surface area (Å²) in [6.45, 7) is 0. The minimum atomic E-state index is -0.298. The molecule has 0 spiro atoms. The molecular weight excluding hydrogens is 281 g/mol. The van der Waals surface area contributed by atoms with Crippen LogP contribution in [0.2, 0.25) is 0 Å². The molecule has 0 atom stereocenters. The van der Waals surface area contributed by atoms with Crippen molar-refractivity contribution in [1.82, 2.24) is 9.55 Å². The second-order valence-corrected chi connectivity index (χ2v) is 4.75. The van der Waals surface area contributed by atoms with Crippen LogP contribution in [0.4, 0.5) is 10.3 Å². The molecule has 22 heavy (non-hydrogen) atoms. The van der Waals surface area contributed by atoms with E-state index in [1.165, 1.54) is 6.07 Å². The van der Waals surface area contributed by atoms with Crippen molar-refractivity contribution in [3.63, 3.8) is 0 Å². The second-order valence-electron chi connectivity index (χ2n) is 4.75. The Hall–Kier alpha value is -2.82. The van der Waals surface area contributed by atoms with E-state index in [0.717, 1.165) is 17.0 Å². The van der Waals surface area contributed by atoms with Gasteiger partial charge in [-0.1, -0.05) is 24.3 Å². The molecule has 0 fully saturated rings. The number of rotatable bonds is 4. The largest absolute Gasteiger partial charge is 0.497 e. The first kappa shape index (κ1) is 14.1. The Balaban J connectivity index is 2.10. The van der Waals surface area contributed by atoms with Crippen molar-refractivity contribution in [2.75, 3.05) is 19.5 Å². The van der Waals surface area contributed by atoms with Crippen molar-refractivity contribution in [3.8, 4) is 22.7 Å². The van der Waals surface area contributed by atoms with Gasteiger partial charge < -0.3 is 10.1 Å². The van der Waals surface area contributed by atoms with Crippen LogP contribution >= 0.6 is 0 Å². The summed E-state index contributed by atoms with van der Waals surface area (Å²) in [5.41, 5.74) is 2.10. The van der Waals surface area contributed by atoms with E-state index in [1.54, 1.807) is 43.1 Å². The number of nitrogens with one attached hydrogen (secondary N) is 1. The van der Waals surface area contributed by atoms with Crippen molar-refractivity contribution < 1.29 is 9.13 Å². The average Bonchev–Trinajstić information content (AvgIpc) is 2.99. The van der Waals surface area contributed by atoms with Gasteiger partial charge in [0, 0.05) is 18.8 Å². The van der Waals surface area contributed by atoms with Gasteiger partial charge in [0.1, 0.15) is 11.6 Å². The number of hydrogen-bond acceptors (Lipinski definition) is 3. The van der Waals surface area contributed by atoms with Gasteiger partial charge in [0.25, 0.3) is 0 Å². The highest BCUT2D eigenvalue weighted by Gasteiger charge is 2.13. The Bertz CT molecular complexity index is 798. The van der Waals surface area contributed by atoms with Gasteiger partial charge in [0.05, 0.1) is 18.5 Å². The number of anilines is 1. The van der Waals surface area contributed by atoms with Crippen molar-refractivity contribution in [2.24, 2.45) is 0 Å². The summed E-state index contributed by atoms with van der Waals surface area (Å²) in [6.07, 6.45) is 1.80. The van der Waals surface area contributed by atoms with Crippen molar-refractivity contribution >= 4 is 5.95 Å². The molecule has 0 aliphatic heterocycles. The summed E-state index contributed by atoms with van der Waals surface area (Å²) < 4.78 is 21.0. The Morgan fingerprint density at radius 3 is 2.68 bits per heavy atom. The Labute approximate surface area is 128 Å². The molecule has 1 heterocycles. The van der Waals surface area contributed by atoms with E-state index in [2.05, 4.69) is 10.3 Å². The molecule has 1 aromatic heterocycles. The highest BCUT2D eigenvalue weighted by molar-refractivity contribution is 5.64. The molecule has 5 heteroatoms. The maximum atomic E-state index is 14.0. The molecule has 0 aliphatic carbocycles. The number of hydrogen-bond donors (Lipinski definition) is 1. The fourth-order valence-corrected chi connectivity index (χ4v) is 2.31. The summed E-state index contributed by atoms with van der Waals surface area (Å²) in [6, 6.07) is 14.2. The van der Waals surface area contributed by atoms with Gasteiger partial charge in [0.2, 0.25) is 5.95 Å². The van der Waals surface area contributed by atoms with Crippen LogP contribution in [0, 0.1) is 5.82 Å². The predicted octanol–water partition coefficient (Wildman–Crippen LogP) is 3.73. The number of nitrogens with zero attached hydrogens (tertiary/aromatic N) is 2. The van der Waals surface area contributed by atoms with Crippen LogP contribution in [0.25, 0.3) is 16.9 Å². The highest BCUT2D eigenvalue weighted by Crippen LogP contribution is 2.27. The smallest absolute Gasteiger partial charge is 0.207 e. The zero-order valence-corrected chi connectivity index (χ0v) is 12.4. The fraction of sp³-hybridized carbons (Fsp3) is 0.118. The van der Waals surface area contributed by atoms with E-state index in [-0.39, 0.29) is 5.82 Å². The zero-order valence-electron chi connectivity index (χ0n) is 12.4. The summed E-state index contributed by atoms with van der Waals surface area (Å²) in [5, 5.41) is 2.99. The Morgan fingerprint density at radius 1 is 1.14 bits per heavy atom. The number of methoxy groups -OCH3 is 1. The van der Waals surface area contributed by atoms with Crippen LogP contribution in [0.3, 0.4) is 0 Å². The van der Waals surface area contributed by atoms with E-state index in [9.17, 15) is 4.39 Å². The minimum absolute atomic E-state index is 0.298. The molecule has 3 aromatic rings. The molecule has 0 aliphatic rings. The molecule has 0 unspecified atom stereocenters. The first-order valence-electron chi connectivity index (χ1n) is 6.89. The lowest BCUT2D eigenvalue weighted by atomic mass is 10.1. The van der Waals surface area contributed by atoms with Crippen LogP contribution in [-0.4, -0.2) is 23.7 Å². The third-order valence-electron chi connectivity index (χ3n) is 3.41. The van der Waals surface area contributed by atoms with Gasteiger partial charge in [-0.3, -0.25) is 4.57 Å². The number of halogens is 1. The van der Waals surface area contributed by atoms with E-state index in [1.807, 2.05) is 24.3 Å². The number of aromatic nitrogens is 2. The molecule has 4 nitrogen and oxygen atoms in total. The van der Waals surface area contributed by atoms with Crippen LogP contribution in [0.5, 0.6) is 5.75 Å². The van der Waals surface area contributed by atoms with Gasteiger partial charge >= 0.3 is 0 Å². The molecule has 3 rings (SSSR count). The zero-order chi connectivity index (χ0) is 15.5. The molecule has 2 aromatic carbocycles.